The first kappa shape index (κ1) is 18.9. The van der Waals surface area contributed by atoms with Crippen molar-refractivity contribution in [3.63, 3.8) is 0 Å². The number of hydrogen-bond acceptors (Lipinski definition) is 5. The highest BCUT2D eigenvalue weighted by molar-refractivity contribution is 5.93. The summed E-state index contributed by atoms with van der Waals surface area (Å²) in [6.07, 6.45) is 4.83. The lowest BCUT2D eigenvalue weighted by Crippen LogP contribution is -2.46. The first-order valence-corrected chi connectivity index (χ1v) is 9.49. The van der Waals surface area contributed by atoms with E-state index in [-0.39, 0.29) is 10.9 Å². The summed E-state index contributed by atoms with van der Waals surface area (Å²) in [5, 5.41) is 9.35. The lowest BCUT2D eigenvalue weighted by Gasteiger charge is -2.37. The van der Waals surface area contributed by atoms with E-state index in [2.05, 4.69) is 9.88 Å². The number of carboxylic acids is 1. The Bertz CT molecular complexity index is 1120. The third-order valence-electron chi connectivity index (χ3n) is 5.37. The van der Waals surface area contributed by atoms with Gasteiger partial charge in [0.25, 0.3) is 0 Å². The van der Waals surface area contributed by atoms with E-state index in [0.717, 1.165) is 18.8 Å². The lowest BCUT2D eigenvalue weighted by atomic mass is 10.1. The fourth-order valence-corrected chi connectivity index (χ4v) is 3.82. The Hall–Kier alpha value is -3.42. The Balaban J connectivity index is 1.68. The lowest BCUT2D eigenvalue weighted by molar-refractivity contribution is 0.0695. The van der Waals surface area contributed by atoms with Crippen molar-refractivity contribution >= 4 is 28.2 Å². The van der Waals surface area contributed by atoms with Crippen molar-refractivity contribution in [3.8, 4) is 0 Å². The molecule has 3 aromatic rings. The number of nitrogens with zero attached hydrogens (tertiary/aromatic N) is 4. The van der Waals surface area contributed by atoms with Gasteiger partial charge in [0.1, 0.15) is 11.4 Å². The number of hydrogen-bond donors (Lipinski definition) is 1. The molecule has 29 heavy (non-hydrogen) atoms. The molecule has 0 bridgehead atoms. The van der Waals surface area contributed by atoms with Crippen LogP contribution in [0.2, 0.25) is 0 Å². The second-order valence-electron chi connectivity index (χ2n) is 6.96. The third-order valence-corrected chi connectivity index (χ3v) is 5.37. The average molecular weight is 396 g/mol. The number of halogens is 1. The van der Waals surface area contributed by atoms with E-state index in [0.29, 0.717) is 30.8 Å². The molecule has 1 aliphatic rings. The highest BCUT2D eigenvalue weighted by Gasteiger charge is 2.22. The van der Waals surface area contributed by atoms with Crippen molar-refractivity contribution in [2.45, 2.75) is 13.5 Å². The topological polar surface area (TPSA) is 78.7 Å². The van der Waals surface area contributed by atoms with E-state index < -0.39 is 17.2 Å². The van der Waals surface area contributed by atoms with Crippen molar-refractivity contribution < 1.29 is 14.3 Å². The number of carboxylic acid groups (broad SMARTS) is 1. The minimum Gasteiger partial charge on any atom is -0.477 e. The van der Waals surface area contributed by atoms with Gasteiger partial charge in [0.15, 0.2) is 0 Å². The van der Waals surface area contributed by atoms with Crippen LogP contribution >= 0.6 is 0 Å². The highest BCUT2D eigenvalue weighted by atomic mass is 19.1. The number of piperazine rings is 1. The average Bonchev–Trinajstić information content (AvgIpc) is 2.74. The van der Waals surface area contributed by atoms with Crippen molar-refractivity contribution in [2.75, 3.05) is 36.0 Å². The zero-order valence-electron chi connectivity index (χ0n) is 16.0. The van der Waals surface area contributed by atoms with Crippen LogP contribution in [0, 0.1) is 5.82 Å². The smallest absolute Gasteiger partial charge is 0.341 e. The van der Waals surface area contributed by atoms with Crippen molar-refractivity contribution in [1.82, 2.24) is 9.55 Å². The van der Waals surface area contributed by atoms with Crippen molar-refractivity contribution in [1.29, 1.82) is 0 Å². The second kappa shape index (κ2) is 7.54. The number of aromatic carboxylic acids is 1. The van der Waals surface area contributed by atoms with E-state index in [1.54, 1.807) is 23.0 Å². The number of aromatic nitrogens is 2. The molecule has 2 aromatic heterocycles. The van der Waals surface area contributed by atoms with Crippen LogP contribution in [0.15, 0.2) is 47.7 Å². The summed E-state index contributed by atoms with van der Waals surface area (Å²) in [6.45, 7) is 5.06. The number of pyridine rings is 2. The molecule has 0 atom stereocenters. The van der Waals surface area contributed by atoms with Gasteiger partial charge in [-0.3, -0.25) is 9.78 Å². The number of benzene rings is 1. The fourth-order valence-electron chi connectivity index (χ4n) is 3.82. The van der Waals surface area contributed by atoms with E-state index >= 15 is 0 Å². The molecule has 0 unspecified atom stereocenters. The minimum atomic E-state index is -1.31. The molecular weight excluding hydrogens is 375 g/mol. The maximum atomic E-state index is 14.9. The van der Waals surface area contributed by atoms with Crippen LogP contribution in [-0.2, 0) is 6.54 Å². The molecule has 1 aliphatic heterocycles. The van der Waals surface area contributed by atoms with Gasteiger partial charge in [-0.15, -0.1) is 0 Å². The van der Waals surface area contributed by atoms with Gasteiger partial charge in [0, 0.05) is 62.4 Å². The maximum absolute atomic E-state index is 14.9. The Morgan fingerprint density at radius 2 is 1.79 bits per heavy atom. The van der Waals surface area contributed by atoms with Gasteiger partial charge < -0.3 is 19.5 Å². The van der Waals surface area contributed by atoms with Crippen LogP contribution in [0.3, 0.4) is 0 Å². The van der Waals surface area contributed by atoms with Crippen LogP contribution in [-0.4, -0.2) is 46.8 Å². The van der Waals surface area contributed by atoms with Gasteiger partial charge in [-0.1, -0.05) is 0 Å². The summed E-state index contributed by atoms with van der Waals surface area (Å²) in [5.41, 5.74) is 1.04. The van der Waals surface area contributed by atoms with Gasteiger partial charge in [0.05, 0.1) is 11.2 Å². The molecule has 0 saturated carbocycles. The van der Waals surface area contributed by atoms with Gasteiger partial charge in [0.2, 0.25) is 5.43 Å². The van der Waals surface area contributed by atoms with Crippen LogP contribution in [0.5, 0.6) is 0 Å². The predicted molar refractivity (Wildman–Crippen MR) is 109 cm³/mol. The molecule has 1 fully saturated rings. The molecule has 7 nitrogen and oxygen atoms in total. The van der Waals surface area contributed by atoms with Crippen LogP contribution in [0.4, 0.5) is 15.8 Å². The summed E-state index contributed by atoms with van der Waals surface area (Å²) < 4.78 is 16.6. The van der Waals surface area contributed by atoms with Gasteiger partial charge in [-0.2, -0.15) is 0 Å². The van der Waals surface area contributed by atoms with E-state index in [1.165, 1.54) is 12.3 Å². The van der Waals surface area contributed by atoms with Crippen molar-refractivity contribution in [3.05, 3.63) is 64.5 Å². The quantitative estimate of drug-likeness (QED) is 0.730. The fraction of sp³-hybridized carbons (Fsp3) is 0.286. The molecule has 8 heteroatoms. The zero-order chi connectivity index (χ0) is 20.5. The number of rotatable bonds is 4. The Morgan fingerprint density at radius 1 is 1.14 bits per heavy atom. The Morgan fingerprint density at radius 3 is 2.41 bits per heavy atom. The third kappa shape index (κ3) is 3.41. The number of fused-ring (bicyclic) bond motifs is 1. The number of aryl methyl sites for hydroxylation is 1. The van der Waals surface area contributed by atoms with Crippen LogP contribution in [0.1, 0.15) is 17.3 Å². The Kier molecular flexibility index (Phi) is 4.92. The highest BCUT2D eigenvalue weighted by Crippen LogP contribution is 2.27. The monoisotopic (exact) mass is 396 g/mol. The Labute approximate surface area is 166 Å². The van der Waals surface area contributed by atoms with Crippen molar-refractivity contribution in [2.24, 2.45) is 0 Å². The molecule has 0 amide bonds. The molecule has 4 rings (SSSR count). The summed E-state index contributed by atoms with van der Waals surface area (Å²) in [7, 11) is 0. The van der Waals surface area contributed by atoms with Crippen LogP contribution < -0.4 is 15.2 Å². The predicted octanol–water partition coefficient (Wildman–Crippen LogP) is 2.58. The largest absolute Gasteiger partial charge is 0.477 e. The minimum absolute atomic E-state index is 0.0865. The van der Waals surface area contributed by atoms with Gasteiger partial charge in [-0.25, -0.2) is 9.18 Å². The zero-order valence-corrected chi connectivity index (χ0v) is 16.0. The summed E-state index contributed by atoms with van der Waals surface area (Å²) in [6, 6.07) is 6.72. The second-order valence-corrected chi connectivity index (χ2v) is 6.96. The number of carbonyl (C=O) groups is 1. The molecular formula is C21H21FN4O3. The molecule has 150 valence electrons. The number of anilines is 2. The molecule has 1 N–H and O–H groups in total. The van der Waals surface area contributed by atoms with E-state index in [9.17, 15) is 19.1 Å². The SMILES string of the molecule is CCn1cc(C(=O)O)c(=O)c2cc(F)c(N3CCN(c4ccncc4)CC3)cc21. The van der Waals surface area contributed by atoms with Gasteiger partial charge >= 0.3 is 5.97 Å². The molecule has 0 aliphatic carbocycles. The standard InChI is InChI=1S/C21H21FN4O3/c1-2-24-13-16(21(28)29)20(27)15-11-17(22)19(12-18(15)24)26-9-7-25(8-10-26)14-3-5-23-6-4-14/h3-6,11-13H,2,7-10H2,1H3,(H,28,29). The first-order chi connectivity index (χ1) is 14.0. The summed E-state index contributed by atoms with van der Waals surface area (Å²) in [4.78, 5) is 32.1. The van der Waals surface area contributed by atoms with Crippen LogP contribution in [0.25, 0.3) is 10.9 Å². The van der Waals surface area contributed by atoms with E-state index in [1.807, 2.05) is 24.0 Å². The molecule has 1 saturated heterocycles. The maximum Gasteiger partial charge on any atom is 0.341 e. The normalized spacial score (nSPS) is 14.4. The summed E-state index contributed by atoms with van der Waals surface area (Å²) in [5.74, 6) is -1.83. The molecule has 1 aromatic carbocycles. The molecule has 0 radical (unpaired) electrons. The molecule has 0 spiro atoms. The van der Waals surface area contributed by atoms with Gasteiger partial charge in [-0.05, 0) is 31.2 Å². The van der Waals surface area contributed by atoms with E-state index in [4.69, 9.17) is 0 Å². The summed E-state index contributed by atoms with van der Waals surface area (Å²) >= 11 is 0. The first-order valence-electron chi connectivity index (χ1n) is 9.49. The molecule has 3 heterocycles.